The molecule has 188 valence electrons. The molecule has 7 nitrogen and oxygen atoms in total. The fourth-order valence-electron chi connectivity index (χ4n) is 5.66. The van der Waals surface area contributed by atoms with Gasteiger partial charge in [0.1, 0.15) is 17.1 Å². The first-order valence-electron chi connectivity index (χ1n) is 12.4. The molecule has 3 aromatic rings. The summed E-state index contributed by atoms with van der Waals surface area (Å²) in [5.74, 6) is -1.48. The minimum atomic E-state index is -1.25. The largest absolute Gasteiger partial charge is 0.351 e. The molecule has 2 N–H and O–H groups in total. The summed E-state index contributed by atoms with van der Waals surface area (Å²) in [4.78, 5) is 42.0. The summed E-state index contributed by atoms with van der Waals surface area (Å²) in [5, 5.41) is 6.37. The highest BCUT2D eigenvalue weighted by Crippen LogP contribution is 2.42. The van der Waals surface area contributed by atoms with E-state index in [1.807, 2.05) is 32.0 Å². The lowest BCUT2D eigenvalue weighted by molar-refractivity contribution is -0.127. The molecule has 36 heavy (non-hydrogen) atoms. The van der Waals surface area contributed by atoms with E-state index in [0.717, 1.165) is 36.8 Å². The number of halogens is 1. The number of hydrogen-bond donors (Lipinski definition) is 2. The van der Waals surface area contributed by atoms with Gasteiger partial charge in [0.25, 0.3) is 5.91 Å². The topological polar surface area (TPSA) is 83.4 Å². The van der Waals surface area contributed by atoms with Gasteiger partial charge < -0.3 is 15.2 Å². The number of carbonyl (C=O) groups is 3. The lowest BCUT2D eigenvalue weighted by atomic mass is 9.91. The third kappa shape index (κ3) is 3.75. The Hall–Kier alpha value is -3.68. The number of benzene rings is 2. The van der Waals surface area contributed by atoms with Crippen LogP contribution in [0.15, 0.2) is 36.4 Å². The second kappa shape index (κ2) is 8.76. The van der Waals surface area contributed by atoms with Crippen LogP contribution in [-0.2, 0) is 16.1 Å². The quantitative estimate of drug-likeness (QED) is 0.549. The van der Waals surface area contributed by atoms with E-state index in [2.05, 4.69) is 10.6 Å². The molecule has 3 amide bonds. The molecule has 0 unspecified atom stereocenters. The molecule has 0 saturated heterocycles. The van der Waals surface area contributed by atoms with Crippen molar-refractivity contribution in [2.24, 2.45) is 0 Å². The van der Waals surface area contributed by atoms with E-state index in [0.29, 0.717) is 16.6 Å². The summed E-state index contributed by atoms with van der Waals surface area (Å²) in [7, 11) is 0. The molecule has 0 spiro atoms. The van der Waals surface area contributed by atoms with Crippen molar-refractivity contribution in [2.45, 2.75) is 71.5 Å². The predicted octanol–water partition coefficient (Wildman–Crippen LogP) is 4.83. The molecule has 5 rings (SSSR count). The van der Waals surface area contributed by atoms with Crippen LogP contribution in [-0.4, -0.2) is 33.9 Å². The molecule has 8 heteroatoms. The molecule has 2 aliphatic rings. The Kier molecular flexibility index (Phi) is 5.85. The zero-order valence-electron chi connectivity index (χ0n) is 21.1. The van der Waals surface area contributed by atoms with Crippen molar-refractivity contribution in [1.82, 2.24) is 9.88 Å². The lowest BCUT2D eigenvalue weighted by Gasteiger charge is -2.45. The minimum absolute atomic E-state index is 0.0803. The van der Waals surface area contributed by atoms with Crippen LogP contribution in [0, 0.1) is 19.7 Å². The van der Waals surface area contributed by atoms with Crippen molar-refractivity contribution in [1.29, 1.82) is 0 Å². The minimum Gasteiger partial charge on any atom is -0.351 e. The van der Waals surface area contributed by atoms with Crippen molar-refractivity contribution in [3.8, 4) is 0 Å². The highest BCUT2D eigenvalue weighted by Gasteiger charge is 2.50. The maximum atomic E-state index is 14.4. The van der Waals surface area contributed by atoms with Crippen LogP contribution in [0.3, 0.4) is 0 Å². The van der Waals surface area contributed by atoms with Crippen LogP contribution >= 0.6 is 0 Å². The van der Waals surface area contributed by atoms with E-state index in [1.165, 1.54) is 19.1 Å². The summed E-state index contributed by atoms with van der Waals surface area (Å²) in [6.07, 6.45) is 3.98. The van der Waals surface area contributed by atoms with Crippen LogP contribution in [0.4, 0.5) is 15.8 Å². The van der Waals surface area contributed by atoms with E-state index in [9.17, 15) is 18.8 Å². The third-order valence-corrected chi connectivity index (χ3v) is 7.69. The first-order chi connectivity index (χ1) is 17.1. The van der Waals surface area contributed by atoms with Crippen LogP contribution in [0.25, 0.3) is 10.9 Å². The molecular formula is C28H31FN4O3. The fraction of sp³-hybridized carbons (Fsp3) is 0.393. The van der Waals surface area contributed by atoms with E-state index in [1.54, 1.807) is 22.5 Å². The van der Waals surface area contributed by atoms with Crippen LogP contribution in [0.5, 0.6) is 0 Å². The standard InChI is InChI=1S/C28H31FN4O3/c1-16-8-7-11-22(17(16)2)33-26(35)25-24(30-18(3)34)21-14-19(29)12-13-23(21)32(25)15-28(33,4)27(36)31-20-9-5-6-10-20/h7-8,11-14,20H,5-6,9-10,15H2,1-4H3,(H,30,34)(H,31,36)/t28-/m0/s1. The van der Waals surface area contributed by atoms with Crippen molar-refractivity contribution in [3.05, 3.63) is 59.0 Å². The third-order valence-electron chi connectivity index (χ3n) is 7.69. The summed E-state index contributed by atoms with van der Waals surface area (Å²) in [5.41, 5.74) is 2.36. The highest BCUT2D eigenvalue weighted by atomic mass is 19.1. The van der Waals surface area contributed by atoms with Crippen LogP contribution in [0.2, 0.25) is 0 Å². The number of amides is 3. The average Bonchev–Trinajstić information content (AvgIpc) is 3.42. The first-order valence-corrected chi connectivity index (χ1v) is 12.4. The normalized spacial score (nSPS) is 20.0. The second-order valence-corrected chi connectivity index (χ2v) is 10.2. The van der Waals surface area contributed by atoms with Gasteiger partial charge in [-0.3, -0.25) is 19.3 Å². The van der Waals surface area contributed by atoms with Crippen LogP contribution < -0.4 is 15.5 Å². The maximum Gasteiger partial charge on any atom is 0.278 e. The maximum absolute atomic E-state index is 14.4. The molecule has 2 heterocycles. The van der Waals surface area contributed by atoms with Crippen LogP contribution in [0.1, 0.15) is 61.1 Å². The second-order valence-electron chi connectivity index (χ2n) is 10.2. The monoisotopic (exact) mass is 490 g/mol. The first kappa shape index (κ1) is 24.0. The number of anilines is 2. The fourth-order valence-corrected chi connectivity index (χ4v) is 5.66. The van der Waals surface area contributed by atoms with Crippen molar-refractivity contribution in [2.75, 3.05) is 10.2 Å². The number of hydrogen-bond acceptors (Lipinski definition) is 3. The van der Waals surface area contributed by atoms with Gasteiger partial charge in [0, 0.05) is 24.0 Å². The molecule has 0 radical (unpaired) electrons. The summed E-state index contributed by atoms with van der Waals surface area (Å²) in [6, 6.07) is 9.99. The Morgan fingerprint density at radius 3 is 2.53 bits per heavy atom. The van der Waals surface area contributed by atoms with E-state index < -0.39 is 17.3 Å². The number of nitrogens with zero attached hydrogens (tertiary/aromatic N) is 2. The summed E-state index contributed by atoms with van der Waals surface area (Å²) in [6.45, 7) is 7.19. The van der Waals surface area contributed by atoms with E-state index in [4.69, 9.17) is 0 Å². The smallest absolute Gasteiger partial charge is 0.278 e. The van der Waals surface area contributed by atoms with Gasteiger partial charge in [0.15, 0.2) is 0 Å². The molecular weight excluding hydrogens is 459 g/mol. The summed E-state index contributed by atoms with van der Waals surface area (Å²) < 4.78 is 16.0. The van der Waals surface area contributed by atoms with Gasteiger partial charge in [-0.05, 0) is 69.0 Å². The van der Waals surface area contributed by atoms with Gasteiger partial charge in [-0.15, -0.1) is 0 Å². The van der Waals surface area contributed by atoms with E-state index >= 15 is 0 Å². The van der Waals surface area contributed by atoms with Gasteiger partial charge in [-0.25, -0.2) is 4.39 Å². The lowest BCUT2D eigenvalue weighted by Crippen LogP contribution is -2.65. The van der Waals surface area contributed by atoms with Gasteiger partial charge in [-0.2, -0.15) is 0 Å². The molecule has 1 aliphatic carbocycles. The van der Waals surface area contributed by atoms with E-state index in [-0.39, 0.29) is 35.8 Å². The molecule has 0 bridgehead atoms. The number of aryl methyl sites for hydroxylation is 1. The van der Waals surface area contributed by atoms with Gasteiger partial charge in [0.05, 0.1) is 17.7 Å². The number of nitrogens with one attached hydrogen (secondary N) is 2. The van der Waals surface area contributed by atoms with Gasteiger partial charge in [0.2, 0.25) is 11.8 Å². The SMILES string of the molecule is CC(=O)Nc1c2n(c3ccc(F)cc13)C[C@@](C)(C(=O)NC1CCCC1)N(c1cccc(C)c1C)C2=O. The highest BCUT2D eigenvalue weighted by molar-refractivity contribution is 6.20. The molecule has 1 atom stereocenters. The number of aromatic nitrogens is 1. The average molecular weight is 491 g/mol. The molecule has 1 fully saturated rings. The molecule has 1 aromatic heterocycles. The predicted molar refractivity (Wildman–Crippen MR) is 138 cm³/mol. The van der Waals surface area contributed by atoms with Gasteiger partial charge in [-0.1, -0.05) is 25.0 Å². The number of fused-ring (bicyclic) bond motifs is 3. The Labute approximate surface area is 209 Å². The van der Waals surface area contributed by atoms with Crippen molar-refractivity contribution >= 4 is 40.0 Å². The number of rotatable bonds is 4. The number of carbonyl (C=O) groups excluding carboxylic acids is 3. The Morgan fingerprint density at radius 2 is 1.83 bits per heavy atom. The molecule has 1 aliphatic heterocycles. The Balaban J connectivity index is 1.75. The zero-order chi connectivity index (χ0) is 25.8. The van der Waals surface area contributed by atoms with Gasteiger partial charge >= 0.3 is 0 Å². The van der Waals surface area contributed by atoms with Crippen molar-refractivity contribution in [3.63, 3.8) is 0 Å². The summed E-state index contributed by atoms with van der Waals surface area (Å²) >= 11 is 0. The Bertz CT molecular complexity index is 1410. The van der Waals surface area contributed by atoms with Crippen molar-refractivity contribution < 1.29 is 18.8 Å². The zero-order valence-corrected chi connectivity index (χ0v) is 21.1. The molecule has 1 saturated carbocycles. The Morgan fingerprint density at radius 1 is 1.11 bits per heavy atom. The molecule has 2 aromatic carbocycles.